The highest BCUT2D eigenvalue weighted by Crippen LogP contribution is 2.37. The number of methoxy groups -OCH3 is 1. The lowest BCUT2D eigenvalue weighted by Gasteiger charge is -2.25. The number of nitrogens with zero attached hydrogens (tertiary/aromatic N) is 1. The van der Waals surface area contributed by atoms with Gasteiger partial charge in [0.1, 0.15) is 6.61 Å². The molecular formula is C22H24BrNO3. The summed E-state index contributed by atoms with van der Waals surface area (Å²) in [7, 11) is 1.61. The minimum absolute atomic E-state index is 0.0641. The van der Waals surface area contributed by atoms with Gasteiger partial charge in [-0.1, -0.05) is 30.3 Å². The van der Waals surface area contributed by atoms with Gasteiger partial charge in [0.15, 0.2) is 11.5 Å². The molecule has 0 aliphatic carbocycles. The van der Waals surface area contributed by atoms with Crippen LogP contribution in [0.3, 0.4) is 0 Å². The summed E-state index contributed by atoms with van der Waals surface area (Å²) in [6.07, 6.45) is 6.85. The predicted molar refractivity (Wildman–Crippen MR) is 111 cm³/mol. The first kappa shape index (κ1) is 19.5. The number of likely N-dealkylation sites (tertiary alicyclic amines) is 1. The van der Waals surface area contributed by atoms with E-state index in [2.05, 4.69) is 15.9 Å². The van der Waals surface area contributed by atoms with Crippen molar-refractivity contribution in [3.63, 3.8) is 0 Å². The minimum Gasteiger partial charge on any atom is -0.493 e. The number of benzene rings is 2. The number of amides is 1. The van der Waals surface area contributed by atoms with Gasteiger partial charge in [-0.15, -0.1) is 0 Å². The van der Waals surface area contributed by atoms with Crippen molar-refractivity contribution in [3.8, 4) is 11.5 Å². The largest absolute Gasteiger partial charge is 0.493 e. The third-order valence-electron chi connectivity index (χ3n) is 4.56. The van der Waals surface area contributed by atoms with Gasteiger partial charge in [0.25, 0.3) is 0 Å². The van der Waals surface area contributed by atoms with Crippen molar-refractivity contribution in [2.45, 2.75) is 25.9 Å². The maximum Gasteiger partial charge on any atom is 0.246 e. The summed E-state index contributed by atoms with van der Waals surface area (Å²) in [5.74, 6) is 1.35. The topological polar surface area (TPSA) is 38.8 Å². The molecule has 0 spiro atoms. The number of piperidine rings is 1. The fourth-order valence-electron chi connectivity index (χ4n) is 3.09. The van der Waals surface area contributed by atoms with Crippen molar-refractivity contribution in [3.05, 3.63) is 64.1 Å². The van der Waals surface area contributed by atoms with Gasteiger partial charge in [-0.05, 0) is 64.5 Å². The van der Waals surface area contributed by atoms with Gasteiger partial charge in [-0.2, -0.15) is 0 Å². The Morgan fingerprint density at radius 2 is 1.89 bits per heavy atom. The number of ether oxygens (including phenoxy) is 2. The Bertz CT molecular complexity index is 799. The second-order valence-corrected chi connectivity index (χ2v) is 7.38. The lowest BCUT2D eigenvalue weighted by Crippen LogP contribution is -2.34. The summed E-state index contributed by atoms with van der Waals surface area (Å²) in [5, 5.41) is 0. The average molecular weight is 430 g/mol. The van der Waals surface area contributed by atoms with Gasteiger partial charge >= 0.3 is 0 Å². The molecule has 4 nitrogen and oxygen atoms in total. The van der Waals surface area contributed by atoms with Gasteiger partial charge in [-0.25, -0.2) is 0 Å². The Balaban J connectivity index is 1.71. The summed E-state index contributed by atoms with van der Waals surface area (Å²) in [5.41, 5.74) is 1.97. The SMILES string of the molecule is COc1cc(/C=C/C(=O)N2CCCCC2)cc(Br)c1OCc1ccccc1. The molecule has 1 heterocycles. The van der Waals surface area contributed by atoms with E-state index in [4.69, 9.17) is 9.47 Å². The molecule has 0 unspecified atom stereocenters. The summed E-state index contributed by atoms with van der Waals surface area (Å²) < 4.78 is 12.2. The molecule has 1 amide bonds. The van der Waals surface area contributed by atoms with Gasteiger partial charge < -0.3 is 14.4 Å². The zero-order chi connectivity index (χ0) is 19.1. The molecule has 0 N–H and O–H groups in total. The van der Waals surface area contributed by atoms with E-state index < -0.39 is 0 Å². The number of carbonyl (C=O) groups excluding carboxylic acids is 1. The molecule has 142 valence electrons. The van der Waals surface area contributed by atoms with Crippen LogP contribution in [0.2, 0.25) is 0 Å². The van der Waals surface area contributed by atoms with E-state index in [0.717, 1.165) is 41.5 Å². The number of carbonyl (C=O) groups is 1. The van der Waals surface area contributed by atoms with E-state index in [-0.39, 0.29) is 5.91 Å². The summed E-state index contributed by atoms with van der Waals surface area (Å²) in [6, 6.07) is 13.8. The smallest absolute Gasteiger partial charge is 0.246 e. The molecule has 0 atom stereocenters. The van der Waals surface area contributed by atoms with E-state index >= 15 is 0 Å². The molecular weight excluding hydrogens is 406 g/mol. The lowest BCUT2D eigenvalue weighted by atomic mass is 10.1. The van der Waals surface area contributed by atoms with Crippen LogP contribution in [-0.2, 0) is 11.4 Å². The molecule has 27 heavy (non-hydrogen) atoms. The number of rotatable bonds is 6. The second kappa shape index (κ2) is 9.60. The maximum atomic E-state index is 12.3. The molecule has 0 saturated carbocycles. The van der Waals surface area contributed by atoms with E-state index in [0.29, 0.717) is 18.1 Å². The van der Waals surface area contributed by atoms with Crippen LogP contribution in [0.4, 0.5) is 0 Å². The van der Waals surface area contributed by atoms with Crippen molar-refractivity contribution < 1.29 is 14.3 Å². The Kier molecular flexibility index (Phi) is 6.93. The van der Waals surface area contributed by atoms with Crippen LogP contribution in [0.5, 0.6) is 11.5 Å². The van der Waals surface area contributed by atoms with Gasteiger partial charge in [-0.3, -0.25) is 4.79 Å². The monoisotopic (exact) mass is 429 g/mol. The Morgan fingerprint density at radius 3 is 2.59 bits per heavy atom. The van der Waals surface area contributed by atoms with E-state index in [1.165, 1.54) is 6.42 Å². The van der Waals surface area contributed by atoms with Crippen LogP contribution < -0.4 is 9.47 Å². The molecule has 0 aromatic heterocycles. The first-order valence-electron chi connectivity index (χ1n) is 9.18. The van der Waals surface area contributed by atoms with E-state index in [9.17, 15) is 4.79 Å². The standard InChI is InChI=1S/C22H24BrNO3/c1-26-20-15-18(10-11-21(25)24-12-6-3-7-13-24)14-19(23)22(20)27-16-17-8-4-2-5-9-17/h2,4-5,8-11,14-15H,3,6-7,12-13,16H2,1H3/b11-10+. The molecule has 1 saturated heterocycles. The molecule has 1 aliphatic heterocycles. The van der Waals surface area contributed by atoms with Crippen LogP contribution in [0.1, 0.15) is 30.4 Å². The fraction of sp³-hybridized carbons (Fsp3) is 0.318. The van der Waals surface area contributed by atoms with Crippen LogP contribution in [-0.4, -0.2) is 31.0 Å². The van der Waals surface area contributed by atoms with Crippen LogP contribution >= 0.6 is 15.9 Å². The van der Waals surface area contributed by atoms with Gasteiger partial charge in [0.2, 0.25) is 5.91 Å². The van der Waals surface area contributed by atoms with Crippen LogP contribution in [0, 0.1) is 0 Å². The van der Waals surface area contributed by atoms with E-state index in [1.54, 1.807) is 13.2 Å². The minimum atomic E-state index is 0.0641. The molecule has 1 aliphatic rings. The number of halogens is 1. The zero-order valence-electron chi connectivity index (χ0n) is 15.5. The van der Waals surface area contributed by atoms with Crippen molar-refractivity contribution in [2.24, 2.45) is 0 Å². The molecule has 2 aromatic carbocycles. The third-order valence-corrected chi connectivity index (χ3v) is 5.15. The summed E-state index contributed by atoms with van der Waals surface area (Å²) >= 11 is 3.56. The van der Waals surface area contributed by atoms with Crippen molar-refractivity contribution >= 4 is 27.9 Å². The first-order chi connectivity index (χ1) is 13.2. The third kappa shape index (κ3) is 5.36. The first-order valence-corrected chi connectivity index (χ1v) is 9.98. The molecule has 1 fully saturated rings. The highest BCUT2D eigenvalue weighted by Gasteiger charge is 2.15. The van der Waals surface area contributed by atoms with Crippen molar-refractivity contribution in [2.75, 3.05) is 20.2 Å². The zero-order valence-corrected chi connectivity index (χ0v) is 17.1. The molecule has 2 aromatic rings. The normalized spacial score (nSPS) is 14.4. The lowest BCUT2D eigenvalue weighted by molar-refractivity contribution is -0.126. The van der Waals surface area contributed by atoms with Crippen molar-refractivity contribution in [1.29, 1.82) is 0 Å². The second-order valence-electron chi connectivity index (χ2n) is 6.53. The molecule has 0 bridgehead atoms. The molecule has 3 rings (SSSR count). The molecule has 0 radical (unpaired) electrons. The fourth-order valence-corrected chi connectivity index (χ4v) is 3.67. The van der Waals surface area contributed by atoms with E-state index in [1.807, 2.05) is 53.4 Å². The highest BCUT2D eigenvalue weighted by molar-refractivity contribution is 9.10. The quantitative estimate of drug-likeness (QED) is 0.602. The number of hydrogen-bond donors (Lipinski definition) is 0. The van der Waals surface area contributed by atoms with Crippen LogP contribution in [0.25, 0.3) is 6.08 Å². The summed E-state index contributed by atoms with van der Waals surface area (Å²) in [6.45, 7) is 2.16. The van der Waals surface area contributed by atoms with Gasteiger partial charge in [0, 0.05) is 19.2 Å². The molecule has 5 heteroatoms. The maximum absolute atomic E-state index is 12.3. The average Bonchev–Trinajstić information content (AvgIpc) is 2.72. The Morgan fingerprint density at radius 1 is 1.15 bits per heavy atom. The van der Waals surface area contributed by atoms with Gasteiger partial charge in [0.05, 0.1) is 11.6 Å². The number of hydrogen-bond acceptors (Lipinski definition) is 3. The predicted octanol–water partition coefficient (Wildman–Crippen LogP) is 5.06. The highest BCUT2D eigenvalue weighted by atomic mass is 79.9. The van der Waals surface area contributed by atoms with Crippen LogP contribution in [0.15, 0.2) is 53.0 Å². The Hall–Kier alpha value is -2.27. The Labute approximate surface area is 168 Å². The summed E-state index contributed by atoms with van der Waals surface area (Å²) in [4.78, 5) is 14.2. The van der Waals surface area contributed by atoms with Crippen molar-refractivity contribution in [1.82, 2.24) is 4.90 Å².